The average molecular weight is 292 g/mol. The van der Waals surface area contributed by atoms with Gasteiger partial charge < -0.3 is 14.6 Å². The summed E-state index contributed by atoms with van der Waals surface area (Å²) in [7, 11) is 0. The van der Waals surface area contributed by atoms with Gasteiger partial charge in [-0.1, -0.05) is 12.1 Å². The Labute approximate surface area is 116 Å². The maximum Gasteiger partial charge on any atom is 0.374 e. The highest BCUT2D eigenvalue weighted by molar-refractivity contribution is 5.98. The SMILES string of the molecule is Cc1cccc(-c2nc(C(=O)O)c(C(=O)O)o2)c1[N+](=O)[O-]. The van der Waals surface area contributed by atoms with Gasteiger partial charge >= 0.3 is 11.9 Å². The van der Waals surface area contributed by atoms with Crippen LogP contribution in [-0.2, 0) is 0 Å². The van der Waals surface area contributed by atoms with E-state index in [2.05, 4.69) is 4.98 Å². The fourth-order valence-corrected chi connectivity index (χ4v) is 1.80. The molecule has 0 atom stereocenters. The first-order valence-corrected chi connectivity index (χ1v) is 5.54. The van der Waals surface area contributed by atoms with E-state index in [1.165, 1.54) is 25.1 Å². The summed E-state index contributed by atoms with van der Waals surface area (Å²) in [5.41, 5.74) is -0.916. The van der Waals surface area contributed by atoms with Crippen LogP contribution in [0, 0.1) is 17.0 Å². The summed E-state index contributed by atoms with van der Waals surface area (Å²) in [6, 6.07) is 4.28. The van der Waals surface area contributed by atoms with E-state index in [-0.39, 0.29) is 11.3 Å². The molecule has 0 spiro atoms. The van der Waals surface area contributed by atoms with Crippen molar-refractivity contribution in [3.8, 4) is 11.5 Å². The molecule has 0 saturated carbocycles. The molecule has 21 heavy (non-hydrogen) atoms. The molecule has 2 rings (SSSR count). The molecule has 1 aromatic carbocycles. The molecule has 0 aliphatic heterocycles. The molecule has 1 aromatic heterocycles. The number of benzene rings is 1. The molecule has 0 aliphatic carbocycles. The standard InChI is InChI=1S/C12H8N2O7/c1-5-3-2-4-6(8(5)14(19)20)10-13-7(11(15)16)9(21-10)12(17)18/h2-4H,1H3,(H,15,16)(H,17,18). The van der Waals surface area contributed by atoms with Gasteiger partial charge in [-0.2, -0.15) is 0 Å². The average Bonchev–Trinajstić information content (AvgIpc) is 2.83. The van der Waals surface area contributed by atoms with Crippen LogP contribution in [0.1, 0.15) is 26.6 Å². The molecule has 0 saturated heterocycles. The van der Waals surface area contributed by atoms with Crippen LogP contribution in [0.15, 0.2) is 22.6 Å². The number of rotatable bonds is 4. The zero-order valence-electron chi connectivity index (χ0n) is 10.6. The van der Waals surface area contributed by atoms with E-state index in [4.69, 9.17) is 14.6 Å². The second-order valence-electron chi connectivity index (χ2n) is 4.04. The number of carboxylic acid groups (broad SMARTS) is 2. The maximum atomic E-state index is 11.1. The summed E-state index contributed by atoms with van der Waals surface area (Å²) in [6.45, 7) is 1.49. The van der Waals surface area contributed by atoms with Crippen LogP contribution in [0.5, 0.6) is 0 Å². The van der Waals surface area contributed by atoms with E-state index in [9.17, 15) is 19.7 Å². The van der Waals surface area contributed by atoms with Crippen LogP contribution < -0.4 is 0 Å². The summed E-state index contributed by atoms with van der Waals surface area (Å²) in [6.07, 6.45) is 0. The molecule has 0 aliphatic rings. The van der Waals surface area contributed by atoms with Crippen LogP contribution in [0.25, 0.3) is 11.5 Å². The number of aromatic nitrogens is 1. The van der Waals surface area contributed by atoms with Crippen molar-refractivity contribution in [2.45, 2.75) is 6.92 Å². The third kappa shape index (κ3) is 2.43. The van der Waals surface area contributed by atoms with Gasteiger partial charge in [-0.25, -0.2) is 14.6 Å². The Bertz CT molecular complexity index is 731. The summed E-state index contributed by atoms with van der Waals surface area (Å²) < 4.78 is 4.87. The molecular formula is C12H8N2O7. The van der Waals surface area contributed by atoms with Crippen molar-refractivity contribution in [3.63, 3.8) is 0 Å². The Morgan fingerprint density at radius 1 is 1.29 bits per heavy atom. The second-order valence-corrected chi connectivity index (χ2v) is 4.04. The minimum Gasteiger partial charge on any atom is -0.476 e. The molecule has 2 N–H and O–H groups in total. The quantitative estimate of drug-likeness (QED) is 0.642. The number of hydrogen-bond acceptors (Lipinski definition) is 6. The van der Waals surface area contributed by atoms with E-state index in [0.717, 1.165) is 0 Å². The molecule has 0 fully saturated rings. The first-order chi connectivity index (χ1) is 9.82. The number of aryl methyl sites for hydroxylation is 1. The van der Waals surface area contributed by atoms with Gasteiger partial charge in [0.05, 0.1) is 4.92 Å². The molecule has 0 bridgehead atoms. The number of oxazole rings is 1. The number of aromatic carboxylic acids is 2. The van der Waals surface area contributed by atoms with E-state index in [1.54, 1.807) is 0 Å². The van der Waals surface area contributed by atoms with Gasteiger partial charge in [0.1, 0.15) is 5.56 Å². The van der Waals surface area contributed by atoms with Crippen molar-refractivity contribution in [1.29, 1.82) is 0 Å². The van der Waals surface area contributed by atoms with Gasteiger partial charge in [0, 0.05) is 5.56 Å². The van der Waals surface area contributed by atoms with E-state index >= 15 is 0 Å². The van der Waals surface area contributed by atoms with Crippen molar-refractivity contribution < 1.29 is 29.1 Å². The summed E-state index contributed by atoms with van der Waals surface area (Å²) in [5, 5.41) is 28.8. The Kier molecular flexibility index (Phi) is 3.40. The lowest BCUT2D eigenvalue weighted by Gasteiger charge is -2.01. The van der Waals surface area contributed by atoms with Gasteiger partial charge in [-0.05, 0) is 13.0 Å². The normalized spacial score (nSPS) is 10.3. The van der Waals surface area contributed by atoms with Crippen LogP contribution in [-0.4, -0.2) is 32.1 Å². The van der Waals surface area contributed by atoms with Crippen molar-refractivity contribution in [2.24, 2.45) is 0 Å². The largest absolute Gasteiger partial charge is 0.476 e. The first kappa shape index (κ1) is 14.2. The third-order valence-electron chi connectivity index (χ3n) is 2.67. The van der Waals surface area contributed by atoms with Gasteiger partial charge in [-0.15, -0.1) is 0 Å². The lowest BCUT2D eigenvalue weighted by Crippen LogP contribution is -2.05. The van der Waals surface area contributed by atoms with Crippen molar-refractivity contribution in [3.05, 3.63) is 45.3 Å². The topological polar surface area (TPSA) is 144 Å². The third-order valence-corrected chi connectivity index (χ3v) is 2.67. The predicted octanol–water partition coefficient (Wildman–Crippen LogP) is 1.95. The highest BCUT2D eigenvalue weighted by Crippen LogP contribution is 2.33. The lowest BCUT2D eigenvalue weighted by molar-refractivity contribution is -0.384. The summed E-state index contributed by atoms with van der Waals surface area (Å²) in [5.74, 6) is -4.53. The molecule has 9 heteroatoms. The van der Waals surface area contributed by atoms with E-state index in [0.29, 0.717) is 5.56 Å². The minimum absolute atomic E-state index is 0.0880. The summed E-state index contributed by atoms with van der Waals surface area (Å²) in [4.78, 5) is 35.8. The van der Waals surface area contributed by atoms with Crippen molar-refractivity contribution in [2.75, 3.05) is 0 Å². The van der Waals surface area contributed by atoms with Crippen molar-refractivity contribution in [1.82, 2.24) is 4.98 Å². The molecule has 0 amide bonds. The van der Waals surface area contributed by atoms with Gasteiger partial charge in [-0.3, -0.25) is 10.1 Å². The number of nitrogens with zero attached hydrogens (tertiary/aromatic N) is 2. The highest BCUT2D eigenvalue weighted by atomic mass is 16.6. The van der Waals surface area contributed by atoms with Gasteiger partial charge in [0.15, 0.2) is 0 Å². The highest BCUT2D eigenvalue weighted by Gasteiger charge is 2.29. The Balaban J connectivity index is 2.72. The first-order valence-electron chi connectivity index (χ1n) is 5.54. The Morgan fingerprint density at radius 3 is 2.43 bits per heavy atom. The van der Waals surface area contributed by atoms with E-state index in [1.807, 2.05) is 0 Å². The molecule has 9 nitrogen and oxygen atoms in total. The van der Waals surface area contributed by atoms with Gasteiger partial charge in [0.2, 0.25) is 17.3 Å². The molecule has 0 radical (unpaired) electrons. The zero-order valence-corrected chi connectivity index (χ0v) is 10.6. The molecule has 0 unspecified atom stereocenters. The summed E-state index contributed by atoms with van der Waals surface area (Å²) >= 11 is 0. The maximum absolute atomic E-state index is 11.1. The Hall–Kier alpha value is -3.23. The minimum atomic E-state index is -1.62. The molecule has 2 aromatic rings. The number of nitro benzene ring substituents is 1. The second kappa shape index (κ2) is 5.04. The molecule has 1 heterocycles. The monoisotopic (exact) mass is 292 g/mol. The number of carboxylic acids is 2. The fraction of sp³-hybridized carbons (Fsp3) is 0.0833. The van der Waals surface area contributed by atoms with Crippen LogP contribution >= 0.6 is 0 Å². The van der Waals surface area contributed by atoms with Crippen molar-refractivity contribution >= 4 is 17.6 Å². The smallest absolute Gasteiger partial charge is 0.374 e. The van der Waals surface area contributed by atoms with Crippen LogP contribution in [0.3, 0.4) is 0 Å². The van der Waals surface area contributed by atoms with E-state index < -0.39 is 34.2 Å². The van der Waals surface area contributed by atoms with Crippen LogP contribution in [0.2, 0.25) is 0 Å². The molecule has 108 valence electrons. The lowest BCUT2D eigenvalue weighted by atomic mass is 10.1. The van der Waals surface area contributed by atoms with Gasteiger partial charge in [0.25, 0.3) is 5.69 Å². The fourth-order valence-electron chi connectivity index (χ4n) is 1.80. The molecular weight excluding hydrogens is 284 g/mol. The zero-order chi connectivity index (χ0) is 15.7. The number of nitro groups is 1. The number of carbonyl (C=O) groups is 2. The Morgan fingerprint density at radius 2 is 1.95 bits per heavy atom. The number of hydrogen-bond donors (Lipinski definition) is 2. The predicted molar refractivity (Wildman–Crippen MR) is 67.2 cm³/mol. The number of para-hydroxylation sites is 1. The van der Waals surface area contributed by atoms with Crippen LogP contribution in [0.4, 0.5) is 5.69 Å².